The molecule has 5 nitrogen and oxygen atoms in total. The first-order valence-electron chi connectivity index (χ1n) is 6.00. The molecule has 2 heterocycles. The zero-order valence-corrected chi connectivity index (χ0v) is 10.6. The molecule has 0 saturated carbocycles. The highest BCUT2D eigenvalue weighted by Crippen LogP contribution is 2.08. The summed E-state index contributed by atoms with van der Waals surface area (Å²) in [6.45, 7) is 7.54. The summed E-state index contributed by atoms with van der Waals surface area (Å²) in [4.78, 5) is 14.0. The Bertz CT molecular complexity index is 392. The summed E-state index contributed by atoms with van der Waals surface area (Å²) < 4.78 is 4.96. The van der Waals surface area contributed by atoms with E-state index in [1.165, 1.54) is 0 Å². The predicted molar refractivity (Wildman–Crippen MR) is 63.6 cm³/mol. The Balaban J connectivity index is 1.95. The number of rotatable bonds is 2. The summed E-state index contributed by atoms with van der Waals surface area (Å²) in [6.07, 6.45) is 0.330. The average Bonchev–Trinajstić information content (AvgIpc) is 2.62. The second kappa shape index (κ2) is 4.87. The van der Waals surface area contributed by atoms with Gasteiger partial charge in [0, 0.05) is 31.2 Å². The molecule has 1 aliphatic rings. The quantitative estimate of drug-likeness (QED) is 0.824. The molecule has 17 heavy (non-hydrogen) atoms. The van der Waals surface area contributed by atoms with Crippen LogP contribution in [0.25, 0.3) is 0 Å². The molecule has 2 rings (SSSR count). The third kappa shape index (κ3) is 3.06. The van der Waals surface area contributed by atoms with E-state index in [1.807, 2.05) is 17.9 Å². The summed E-state index contributed by atoms with van der Waals surface area (Å²) >= 11 is 0. The number of piperazine rings is 1. The molecule has 0 radical (unpaired) electrons. The molecule has 1 fully saturated rings. The maximum absolute atomic E-state index is 12.1. The summed E-state index contributed by atoms with van der Waals surface area (Å²) in [6, 6.07) is 2.51. The lowest BCUT2D eigenvalue weighted by molar-refractivity contribution is -0.132. The van der Waals surface area contributed by atoms with E-state index in [9.17, 15) is 4.79 Å². The second-order valence-corrected chi connectivity index (χ2v) is 4.87. The number of aromatic nitrogens is 1. The van der Waals surface area contributed by atoms with E-state index in [1.54, 1.807) is 0 Å². The van der Waals surface area contributed by atoms with Crippen LogP contribution in [-0.2, 0) is 11.2 Å². The Hall–Kier alpha value is -1.36. The molecule has 1 aromatic rings. The van der Waals surface area contributed by atoms with E-state index in [2.05, 4.69) is 24.3 Å². The second-order valence-electron chi connectivity index (χ2n) is 4.87. The van der Waals surface area contributed by atoms with E-state index >= 15 is 0 Å². The van der Waals surface area contributed by atoms with E-state index < -0.39 is 0 Å². The van der Waals surface area contributed by atoms with Gasteiger partial charge in [0.05, 0.1) is 12.1 Å². The molecule has 2 unspecified atom stereocenters. The topological polar surface area (TPSA) is 58.4 Å². The molecule has 5 heteroatoms. The summed E-state index contributed by atoms with van der Waals surface area (Å²) in [5.41, 5.74) is 0.714. The number of carbonyl (C=O) groups is 1. The van der Waals surface area contributed by atoms with E-state index in [-0.39, 0.29) is 5.91 Å². The van der Waals surface area contributed by atoms with E-state index in [0.29, 0.717) is 24.2 Å². The number of carbonyl (C=O) groups excluding carboxylic acids is 1. The third-order valence-electron chi connectivity index (χ3n) is 2.92. The number of hydrogen-bond acceptors (Lipinski definition) is 4. The first-order chi connectivity index (χ1) is 8.04. The van der Waals surface area contributed by atoms with Crippen molar-refractivity contribution in [1.29, 1.82) is 0 Å². The van der Waals surface area contributed by atoms with Crippen molar-refractivity contribution in [1.82, 2.24) is 15.4 Å². The SMILES string of the molecule is Cc1cc(CC(=O)N2CC(C)NC(C)C2)no1. The molecular formula is C12H19N3O2. The molecule has 1 aliphatic heterocycles. The Labute approximate surface area is 101 Å². The van der Waals surface area contributed by atoms with Crippen LogP contribution in [0.2, 0.25) is 0 Å². The first-order valence-corrected chi connectivity index (χ1v) is 6.00. The van der Waals surface area contributed by atoms with Crippen LogP contribution in [-0.4, -0.2) is 41.1 Å². The van der Waals surface area contributed by atoms with Gasteiger partial charge in [0.1, 0.15) is 5.76 Å². The number of aryl methyl sites for hydroxylation is 1. The standard InChI is InChI=1S/C12H19N3O2/c1-8-6-15(7-9(2)13-8)12(16)5-11-4-10(3)17-14-11/h4,8-9,13H,5-7H2,1-3H3. The molecule has 1 N–H and O–H groups in total. The maximum atomic E-state index is 12.1. The molecule has 94 valence electrons. The maximum Gasteiger partial charge on any atom is 0.228 e. The summed E-state index contributed by atoms with van der Waals surface area (Å²) in [5, 5.41) is 7.25. The van der Waals surface area contributed by atoms with Crippen molar-refractivity contribution < 1.29 is 9.32 Å². The number of amides is 1. The Morgan fingerprint density at radius 2 is 2.18 bits per heavy atom. The van der Waals surface area contributed by atoms with E-state index in [0.717, 1.165) is 18.8 Å². The van der Waals surface area contributed by atoms with Crippen LogP contribution in [0.15, 0.2) is 10.6 Å². The lowest BCUT2D eigenvalue weighted by Crippen LogP contribution is -2.56. The van der Waals surface area contributed by atoms with Gasteiger partial charge in [-0.25, -0.2) is 0 Å². The van der Waals surface area contributed by atoms with Gasteiger partial charge in [-0.1, -0.05) is 5.16 Å². The van der Waals surface area contributed by atoms with Crippen molar-refractivity contribution in [2.24, 2.45) is 0 Å². The van der Waals surface area contributed by atoms with E-state index in [4.69, 9.17) is 4.52 Å². The molecule has 0 aromatic carbocycles. The normalized spacial score (nSPS) is 25.0. The third-order valence-corrected chi connectivity index (χ3v) is 2.92. The first kappa shape index (κ1) is 12.1. The zero-order chi connectivity index (χ0) is 12.4. The Kier molecular flexibility index (Phi) is 3.47. The molecule has 1 saturated heterocycles. The molecule has 0 bridgehead atoms. The largest absolute Gasteiger partial charge is 0.361 e. The molecular weight excluding hydrogens is 218 g/mol. The van der Waals surface area contributed by atoms with Gasteiger partial charge in [0.15, 0.2) is 0 Å². The van der Waals surface area contributed by atoms with Crippen LogP contribution in [0.3, 0.4) is 0 Å². The highest BCUT2D eigenvalue weighted by molar-refractivity contribution is 5.78. The van der Waals surface area contributed by atoms with Gasteiger partial charge in [0.2, 0.25) is 5.91 Å². The van der Waals surface area contributed by atoms with Gasteiger partial charge in [0.25, 0.3) is 0 Å². The lowest BCUT2D eigenvalue weighted by atomic mass is 10.1. The highest BCUT2D eigenvalue weighted by atomic mass is 16.5. The monoisotopic (exact) mass is 237 g/mol. The minimum absolute atomic E-state index is 0.124. The zero-order valence-electron chi connectivity index (χ0n) is 10.6. The van der Waals surface area contributed by atoms with Crippen molar-refractivity contribution >= 4 is 5.91 Å². The Morgan fingerprint density at radius 1 is 1.53 bits per heavy atom. The lowest BCUT2D eigenvalue weighted by Gasteiger charge is -2.36. The van der Waals surface area contributed by atoms with Crippen molar-refractivity contribution in [3.05, 3.63) is 17.5 Å². The number of nitrogens with zero attached hydrogens (tertiary/aromatic N) is 2. The highest BCUT2D eigenvalue weighted by Gasteiger charge is 2.25. The fraction of sp³-hybridized carbons (Fsp3) is 0.667. The van der Waals surface area contributed by atoms with Gasteiger partial charge in [-0.05, 0) is 20.8 Å². The van der Waals surface area contributed by atoms with Crippen LogP contribution in [0, 0.1) is 6.92 Å². The molecule has 1 aromatic heterocycles. The van der Waals surface area contributed by atoms with Gasteiger partial charge < -0.3 is 14.7 Å². The van der Waals surface area contributed by atoms with Gasteiger partial charge >= 0.3 is 0 Å². The summed E-state index contributed by atoms with van der Waals surface area (Å²) in [7, 11) is 0. The van der Waals surface area contributed by atoms with Crippen molar-refractivity contribution in [2.75, 3.05) is 13.1 Å². The van der Waals surface area contributed by atoms with Crippen LogP contribution in [0.5, 0.6) is 0 Å². The van der Waals surface area contributed by atoms with Crippen LogP contribution < -0.4 is 5.32 Å². The van der Waals surface area contributed by atoms with Gasteiger partial charge in [-0.2, -0.15) is 0 Å². The van der Waals surface area contributed by atoms with Crippen molar-refractivity contribution in [2.45, 2.75) is 39.3 Å². The van der Waals surface area contributed by atoms with Gasteiger partial charge in [-0.3, -0.25) is 4.79 Å². The van der Waals surface area contributed by atoms with Crippen LogP contribution in [0.1, 0.15) is 25.3 Å². The summed E-state index contributed by atoms with van der Waals surface area (Å²) in [5.74, 6) is 0.869. The Morgan fingerprint density at radius 3 is 2.71 bits per heavy atom. The minimum Gasteiger partial charge on any atom is -0.361 e. The predicted octanol–water partition coefficient (Wildman–Crippen LogP) is 0.734. The molecule has 0 aliphatic carbocycles. The number of hydrogen-bond donors (Lipinski definition) is 1. The van der Waals surface area contributed by atoms with Crippen molar-refractivity contribution in [3.8, 4) is 0 Å². The molecule has 0 spiro atoms. The smallest absolute Gasteiger partial charge is 0.228 e. The molecule has 1 amide bonds. The van der Waals surface area contributed by atoms with Crippen LogP contribution in [0.4, 0.5) is 0 Å². The molecule has 2 atom stereocenters. The minimum atomic E-state index is 0.124. The van der Waals surface area contributed by atoms with Gasteiger partial charge in [-0.15, -0.1) is 0 Å². The average molecular weight is 237 g/mol. The fourth-order valence-electron chi connectivity index (χ4n) is 2.30. The van der Waals surface area contributed by atoms with Crippen LogP contribution >= 0.6 is 0 Å². The fourth-order valence-corrected chi connectivity index (χ4v) is 2.30. The van der Waals surface area contributed by atoms with Crippen molar-refractivity contribution in [3.63, 3.8) is 0 Å². The number of nitrogens with one attached hydrogen (secondary N) is 1.